The van der Waals surface area contributed by atoms with Crippen LogP contribution in [0.2, 0.25) is 0 Å². The Morgan fingerprint density at radius 1 is 1.33 bits per heavy atom. The van der Waals surface area contributed by atoms with Crippen molar-refractivity contribution in [1.82, 2.24) is 0 Å². The van der Waals surface area contributed by atoms with Crippen molar-refractivity contribution in [3.63, 3.8) is 0 Å². The largest absolute Gasteiger partial charge is 0.0659 e. The van der Waals surface area contributed by atoms with Gasteiger partial charge in [-0.2, -0.15) is 0 Å². The Morgan fingerprint density at radius 2 is 1.92 bits per heavy atom. The number of hydrogen-bond acceptors (Lipinski definition) is 0. The third-order valence-corrected chi connectivity index (χ3v) is 2.77. The van der Waals surface area contributed by atoms with Gasteiger partial charge in [0.2, 0.25) is 0 Å². The second-order valence-corrected chi connectivity index (χ2v) is 4.29. The Balaban J connectivity index is 2.20. The molecular formula is C11H11Br. The van der Waals surface area contributed by atoms with Crippen LogP contribution >= 0.6 is 15.9 Å². The van der Waals surface area contributed by atoms with Crippen molar-refractivity contribution in [2.75, 3.05) is 0 Å². The molecule has 1 aromatic carbocycles. The molecule has 0 N–H and O–H groups in total. The smallest absolute Gasteiger partial charge is 0.0175 e. The van der Waals surface area contributed by atoms with E-state index >= 15 is 0 Å². The molecular weight excluding hydrogens is 212 g/mol. The van der Waals surface area contributed by atoms with Crippen molar-refractivity contribution in [3.8, 4) is 0 Å². The summed E-state index contributed by atoms with van der Waals surface area (Å²) in [6, 6.07) is 8.45. The van der Waals surface area contributed by atoms with Crippen LogP contribution in [0.1, 0.15) is 18.9 Å². The maximum atomic E-state index is 3.42. The molecule has 0 saturated heterocycles. The van der Waals surface area contributed by atoms with E-state index in [0.29, 0.717) is 0 Å². The molecule has 1 fully saturated rings. The van der Waals surface area contributed by atoms with E-state index in [0.717, 1.165) is 10.4 Å². The van der Waals surface area contributed by atoms with Gasteiger partial charge in [0, 0.05) is 4.47 Å². The second kappa shape index (κ2) is 3.06. The highest BCUT2D eigenvalue weighted by atomic mass is 79.9. The summed E-state index contributed by atoms with van der Waals surface area (Å²) in [5.74, 6) is 0.827. The molecule has 12 heavy (non-hydrogen) atoms. The minimum absolute atomic E-state index is 0.827. The fraction of sp³-hybridized carbons (Fsp3) is 0.273. The Morgan fingerprint density at radius 3 is 2.42 bits per heavy atom. The summed E-state index contributed by atoms with van der Waals surface area (Å²) in [7, 11) is 0. The van der Waals surface area contributed by atoms with Gasteiger partial charge < -0.3 is 0 Å². The van der Waals surface area contributed by atoms with Crippen molar-refractivity contribution < 1.29 is 0 Å². The quantitative estimate of drug-likeness (QED) is 0.677. The molecule has 1 atom stereocenters. The molecule has 0 aromatic heterocycles. The topological polar surface area (TPSA) is 0 Å². The highest BCUT2D eigenvalue weighted by molar-refractivity contribution is 9.10. The van der Waals surface area contributed by atoms with Gasteiger partial charge in [0.05, 0.1) is 0 Å². The molecule has 0 heterocycles. The predicted molar refractivity (Wildman–Crippen MR) is 55.9 cm³/mol. The standard InChI is InChI=1S/C11H11Br/c1-8-6-10(8)7-9-2-4-11(12)5-3-9/h2-5,7-8H,6H2,1H3. The Hall–Kier alpha value is -0.560. The molecule has 1 heteroatoms. The number of hydrogen-bond donors (Lipinski definition) is 0. The van der Waals surface area contributed by atoms with Crippen LogP contribution in [-0.2, 0) is 0 Å². The highest BCUT2D eigenvalue weighted by Crippen LogP contribution is 2.38. The second-order valence-electron chi connectivity index (χ2n) is 3.38. The minimum atomic E-state index is 0.827. The van der Waals surface area contributed by atoms with Crippen molar-refractivity contribution in [1.29, 1.82) is 0 Å². The van der Waals surface area contributed by atoms with Crippen molar-refractivity contribution >= 4 is 22.0 Å². The van der Waals surface area contributed by atoms with Gasteiger partial charge in [0.1, 0.15) is 0 Å². The predicted octanol–water partition coefficient (Wildman–Crippen LogP) is 3.87. The molecule has 0 nitrogen and oxygen atoms in total. The van der Waals surface area contributed by atoms with E-state index in [4.69, 9.17) is 0 Å². The maximum Gasteiger partial charge on any atom is 0.0175 e. The molecule has 1 aromatic rings. The van der Waals surface area contributed by atoms with Crippen LogP contribution in [0, 0.1) is 5.92 Å². The first kappa shape index (κ1) is 8.06. The number of benzene rings is 1. The van der Waals surface area contributed by atoms with E-state index in [-0.39, 0.29) is 0 Å². The SMILES string of the molecule is CC1CC1=Cc1ccc(Br)cc1. The summed E-state index contributed by atoms with van der Waals surface area (Å²) in [6.07, 6.45) is 3.58. The average Bonchev–Trinajstić information content (AvgIpc) is 2.72. The molecule has 62 valence electrons. The van der Waals surface area contributed by atoms with E-state index in [1.54, 1.807) is 5.57 Å². The molecule has 0 amide bonds. The van der Waals surface area contributed by atoms with E-state index < -0.39 is 0 Å². The van der Waals surface area contributed by atoms with Crippen LogP contribution in [0.25, 0.3) is 6.08 Å². The van der Waals surface area contributed by atoms with Crippen molar-refractivity contribution in [2.45, 2.75) is 13.3 Å². The van der Waals surface area contributed by atoms with E-state index in [9.17, 15) is 0 Å². The Kier molecular flexibility index (Phi) is 2.05. The van der Waals surface area contributed by atoms with Crippen LogP contribution in [0.3, 0.4) is 0 Å². The third kappa shape index (κ3) is 1.78. The first-order valence-corrected chi connectivity index (χ1v) is 5.01. The fourth-order valence-electron chi connectivity index (χ4n) is 1.27. The van der Waals surface area contributed by atoms with Gasteiger partial charge in [-0.3, -0.25) is 0 Å². The van der Waals surface area contributed by atoms with Crippen LogP contribution in [0.4, 0.5) is 0 Å². The Labute approximate surface area is 81.4 Å². The first-order chi connectivity index (χ1) is 5.75. The van der Waals surface area contributed by atoms with Gasteiger partial charge >= 0.3 is 0 Å². The Bertz CT molecular complexity index is 308. The molecule has 2 rings (SSSR count). The molecule has 1 aliphatic carbocycles. The summed E-state index contributed by atoms with van der Waals surface area (Å²) < 4.78 is 1.15. The molecule has 0 bridgehead atoms. The molecule has 1 unspecified atom stereocenters. The van der Waals surface area contributed by atoms with Crippen LogP contribution < -0.4 is 0 Å². The molecule has 0 spiro atoms. The lowest BCUT2D eigenvalue weighted by atomic mass is 10.2. The molecule has 0 aliphatic heterocycles. The number of halogens is 1. The summed E-state index contributed by atoms with van der Waals surface area (Å²) in [5, 5.41) is 0. The van der Waals surface area contributed by atoms with Gasteiger partial charge in [-0.05, 0) is 30.0 Å². The summed E-state index contributed by atoms with van der Waals surface area (Å²) in [4.78, 5) is 0. The number of allylic oxidation sites excluding steroid dienone is 1. The van der Waals surface area contributed by atoms with E-state index in [2.05, 4.69) is 53.2 Å². The van der Waals surface area contributed by atoms with Crippen LogP contribution in [-0.4, -0.2) is 0 Å². The van der Waals surface area contributed by atoms with Gasteiger partial charge in [0.25, 0.3) is 0 Å². The summed E-state index contributed by atoms with van der Waals surface area (Å²) >= 11 is 3.42. The average molecular weight is 223 g/mol. The summed E-state index contributed by atoms with van der Waals surface area (Å²) in [6.45, 7) is 2.27. The minimum Gasteiger partial charge on any atom is -0.0659 e. The monoisotopic (exact) mass is 222 g/mol. The lowest BCUT2D eigenvalue weighted by Crippen LogP contribution is -1.70. The lowest BCUT2D eigenvalue weighted by Gasteiger charge is -1.92. The van der Waals surface area contributed by atoms with Crippen LogP contribution in [0.5, 0.6) is 0 Å². The number of rotatable bonds is 1. The zero-order chi connectivity index (χ0) is 8.55. The van der Waals surface area contributed by atoms with Crippen molar-refractivity contribution in [2.24, 2.45) is 5.92 Å². The van der Waals surface area contributed by atoms with Gasteiger partial charge in [-0.15, -0.1) is 0 Å². The first-order valence-electron chi connectivity index (χ1n) is 4.22. The van der Waals surface area contributed by atoms with Gasteiger partial charge in [-0.25, -0.2) is 0 Å². The van der Waals surface area contributed by atoms with Crippen LogP contribution in [0.15, 0.2) is 34.3 Å². The summed E-state index contributed by atoms with van der Waals surface area (Å²) in [5.41, 5.74) is 2.90. The zero-order valence-corrected chi connectivity index (χ0v) is 8.64. The van der Waals surface area contributed by atoms with E-state index in [1.807, 2.05) is 0 Å². The molecule has 1 aliphatic rings. The highest BCUT2D eigenvalue weighted by Gasteiger charge is 2.23. The fourth-order valence-corrected chi connectivity index (χ4v) is 1.53. The normalized spacial score (nSPS) is 24.5. The van der Waals surface area contributed by atoms with Gasteiger partial charge in [0.15, 0.2) is 0 Å². The van der Waals surface area contributed by atoms with E-state index in [1.165, 1.54) is 12.0 Å². The van der Waals surface area contributed by atoms with Gasteiger partial charge in [-0.1, -0.05) is 46.6 Å². The maximum absolute atomic E-state index is 3.42. The lowest BCUT2D eigenvalue weighted by molar-refractivity contribution is 1.02. The molecule has 1 saturated carbocycles. The zero-order valence-electron chi connectivity index (χ0n) is 7.05. The third-order valence-electron chi connectivity index (χ3n) is 2.24. The molecule has 0 radical (unpaired) electrons. The van der Waals surface area contributed by atoms with Crippen molar-refractivity contribution in [3.05, 3.63) is 39.9 Å².